The lowest BCUT2D eigenvalue weighted by Gasteiger charge is -2.04. The van der Waals surface area contributed by atoms with Gasteiger partial charge in [-0.05, 0) is 52.3 Å². The van der Waals surface area contributed by atoms with E-state index in [4.69, 9.17) is 32.7 Å². The highest BCUT2D eigenvalue weighted by Crippen LogP contribution is 2.31. The topological polar surface area (TPSA) is 44.2 Å². The molecule has 0 N–H and O–H groups in total. The molecule has 0 fully saturated rings. The van der Waals surface area contributed by atoms with E-state index in [0.29, 0.717) is 26.8 Å². The van der Waals surface area contributed by atoms with Gasteiger partial charge in [0.2, 0.25) is 0 Å². The number of pyridine rings is 2. The number of aromatic nitrogens is 2. The van der Waals surface area contributed by atoms with E-state index in [2.05, 4.69) is 25.9 Å². The number of ether oxygens (including phenoxy) is 2. The third kappa shape index (κ3) is 4.29. The van der Waals surface area contributed by atoms with E-state index in [9.17, 15) is 4.39 Å². The fourth-order valence-corrected chi connectivity index (χ4v) is 3.42. The summed E-state index contributed by atoms with van der Waals surface area (Å²) in [6.45, 7) is 0. The van der Waals surface area contributed by atoms with Gasteiger partial charge in [0, 0.05) is 32.2 Å². The maximum atomic E-state index is 13.3. The second kappa shape index (κ2) is 8.90. The van der Waals surface area contributed by atoms with Crippen LogP contribution in [0.2, 0.25) is 10.3 Å². The Bertz CT molecular complexity index is 1070. The van der Waals surface area contributed by atoms with Crippen LogP contribution in [0.25, 0.3) is 21.5 Å². The van der Waals surface area contributed by atoms with Gasteiger partial charge in [0.1, 0.15) is 27.6 Å². The van der Waals surface area contributed by atoms with Crippen molar-refractivity contribution in [1.82, 2.24) is 9.97 Å². The van der Waals surface area contributed by atoms with Gasteiger partial charge in [-0.25, -0.2) is 14.4 Å². The Labute approximate surface area is 179 Å². The highest BCUT2D eigenvalue weighted by molar-refractivity contribution is 9.10. The summed E-state index contributed by atoms with van der Waals surface area (Å²) in [6, 6.07) is 10.7. The fraction of sp³-hybridized carbons (Fsp3) is 0.100. The molecule has 0 unspecified atom stereocenters. The minimum Gasteiger partial charge on any atom is -0.497 e. The largest absolute Gasteiger partial charge is 0.497 e. The molecular weight excluding hydrogens is 470 g/mol. The summed E-state index contributed by atoms with van der Waals surface area (Å²) in [5, 5.41) is 3.73. The van der Waals surface area contributed by atoms with Gasteiger partial charge in [0.05, 0.1) is 20.4 Å². The van der Waals surface area contributed by atoms with Gasteiger partial charge in [0.25, 0.3) is 0 Å². The first-order valence-corrected chi connectivity index (χ1v) is 9.55. The van der Waals surface area contributed by atoms with Crippen molar-refractivity contribution in [3.8, 4) is 11.5 Å². The zero-order valence-electron chi connectivity index (χ0n) is 14.8. The number of benzene rings is 2. The SMILES string of the molecule is COc1ccc2c(Cl)ncc(Br)c2c1.COc1ccc2c(Cl)ncc(F)c2c1. The second-order valence-electron chi connectivity index (χ2n) is 5.62. The van der Waals surface area contributed by atoms with Crippen LogP contribution in [-0.4, -0.2) is 24.2 Å². The quantitative estimate of drug-likeness (QED) is 0.298. The highest BCUT2D eigenvalue weighted by Gasteiger charge is 2.07. The van der Waals surface area contributed by atoms with Crippen molar-refractivity contribution in [2.45, 2.75) is 0 Å². The van der Waals surface area contributed by atoms with Crippen LogP contribution < -0.4 is 9.47 Å². The van der Waals surface area contributed by atoms with E-state index in [1.807, 2.05) is 18.2 Å². The molecule has 0 aliphatic rings. The van der Waals surface area contributed by atoms with Gasteiger partial charge in [-0.1, -0.05) is 23.2 Å². The smallest absolute Gasteiger partial charge is 0.149 e. The Hall–Kier alpha value is -2.15. The van der Waals surface area contributed by atoms with Crippen LogP contribution >= 0.6 is 39.1 Å². The first kappa shape index (κ1) is 20.6. The molecule has 0 bridgehead atoms. The number of rotatable bonds is 2. The summed E-state index contributed by atoms with van der Waals surface area (Å²) in [6.07, 6.45) is 2.79. The first-order valence-electron chi connectivity index (χ1n) is 8.00. The van der Waals surface area contributed by atoms with E-state index in [0.717, 1.165) is 27.2 Å². The molecule has 2 aromatic carbocycles. The van der Waals surface area contributed by atoms with E-state index in [-0.39, 0.29) is 0 Å². The number of fused-ring (bicyclic) bond motifs is 2. The maximum Gasteiger partial charge on any atom is 0.149 e. The Morgan fingerprint density at radius 1 is 0.786 bits per heavy atom. The van der Waals surface area contributed by atoms with Gasteiger partial charge >= 0.3 is 0 Å². The summed E-state index contributed by atoms with van der Waals surface area (Å²) in [4.78, 5) is 7.75. The molecule has 4 aromatic rings. The van der Waals surface area contributed by atoms with Crippen LogP contribution in [0.4, 0.5) is 4.39 Å². The van der Waals surface area contributed by atoms with E-state index in [1.165, 1.54) is 7.11 Å². The minimum atomic E-state index is -0.400. The van der Waals surface area contributed by atoms with E-state index in [1.54, 1.807) is 31.5 Å². The molecule has 2 heterocycles. The van der Waals surface area contributed by atoms with Crippen LogP contribution in [0.5, 0.6) is 11.5 Å². The Morgan fingerprint density at radius 2 is 1.29 bits per heavy atom. The average Bonchev–Trinajstić information content (AvgIpc) is 2.73. The monoisotopic (exact) mass is 482 g/mol. The molecular formula is C20H14BrCl2FN2O2. The molecule has 8 heteroatoms. The molecule has 0 saturated heterocycles. The molecule has 144 valence electrons. The first-order chi connectivity index (χ1) is 13.4. The van der Waals surface area contributed by atoms with Crippen molar-refractivity contribution < 1.29 is 13.9 Å². The van der Waals surface area contributed by atoms with E-state index < -0.39 is 5.82 Å². The van der Waals surface area contributed by atoms with Crippen molar-refractivity contribution in [1.29, 1.82) is 0 Å². The number of methoxy groups -OCH3 is 2. The maximum absolute atomic E-state index is 13.3. The molecule has 0 aliphatic carbocycles. The van der Waals surface area contributed by atoms with Crippen molar-refractivity contribution in [3.05, 3.63) is 69.4 Å². The Balaban J connectivity index is 0.000000161. The molecule has 0 saturated carbocycles. The predicted octanol–water partition coefficient (Wildman–Crippen LogP) is 6.70. The number of hydrogen-bond acceptors (Lipinski definition) is 4. The minimum absolute atomic E-state index is 0.295. The molecule has 0 spiro atoms. The van der Waals surface area contributed by atoms with Crippen LogP contribution in [0.1, 0.15) is 0 Å². The van der Waals surface area contributed by atoms with Gasteiger partial charge in [-0.15, -0.1) is 0 Å². The summed E-state index contributed by atoms with van der Waals surface area (Å²) in [5.74, 6) is 1.00. The van der Waals surface area contributed by atoms with Crippen LogP contribution in [0.15, 0.2) is 53.3 Å². The molecule has 0 atom stereocenters. The van der Waals surface area contributed by atoms with Gasteiger partial charge in [0.15, 0.2) is 0 Å². The molecule has 2 aromatic heterocycles. The third-order valence-electron chi connectivity index (χ3n) is 4.00. The Morgan fingerprint density at radius 3 is 1.86 bits per heavy atom. The lowest BCUT2D eigenvalue weighted by atomic mass is 10.1. The second-order valence-corrected chi connectivity index (χ2v) is 7.19. The van der Waals surface area contributed by atoms with Gasteiger partial charge in [-0.3, -0.25) is 0 Å². The van der Waals surface area contributed by atoms with Crippen LogP contribution in [0.3, 0.4) is 0 Å². The predicted molar refractivity (Wildman–Crippen MR) is 114 cm³/mol. The summed E-state index contributed by atoms with van der Waals surface area (Å²) < 4.78 is 24.3. The highest BCUT2D eigenvalue weighted by atomic mass is 79.9. The summed E-state index contributed by atoms with van der Waals surface area (Å²) in [7, 11) is 3.17. The number of halogens is 4. The standard InChI is InChI=1S/C10H7BrClNO.C10H7ClFNO/c1-14-6-2-3-7-8(4-6)9(11)5-13-10(7)12;1-14-6-2-3-7-8(4-6)9(12)5-13-10(7)11/h2*2-5H,1H3. The molecule has 0 aliphatic heterocycles. The fourth-order valence-electron chi connectivity index (χ4n) is 2.56. The summed E-state index contributed by atoms with van der Waals surface area (Å²) in [5.41, 5.74) is 0. The van der Waals surface area contributed by atoms with Crippen molar-refractivity contribution >= 4 is 60.7 Å². The lowest BCUT2D eigenvalue weighted by Crippen LogP contribution is -1.87. The summed E-state index contributed by atoms with van der Waals surface area (Å²) >= 11 is 15.2. The van der Waals surface area contributed by atoms with Crippen molar-refractivity contribution in [2.24, 2.45) is 0 Å². The Kier molecular flexibility index (Phi) is 6.54. The zero-order chi connectivity index (χ0) is 20.3. The van der Waals surface area contributed by atoms with Gasteiger partial charge < -0.3 is 9.47 Å². The van der Waals surface area contributed by atoms with Crippen LogP contribution in [0, 0.1) is 5.82 Å². The van der Waals surface area contributed by atoms with Crippen molar-refractivity contribution in [3.63, 3.8) is 0 Å². The molecule has 0 radical (unpaired) electrons. The van der Waals surface area contributed by atoms with Crippen LogP contribution in [-0.2, 0) is 0 Å². The third-order valence-corrected chi connectivity index (χ3v) is 5.23. The average molecular weight is 484 g/mol. The number of nitrogens with zero attached hydrogens (tertiary/aromatic N) is 2. The van der Waals surface area contributed by atoms with Crippen molar-refractivity contribution in [2.75, 3.05) is 14.2 Å². The molecule has 0 amide bonds. The normalized spacial score (nSPS) is 10.5. The molecule has 28 heavy (non-hydrogen) atoms. The van der Waals surface area contributed by atoms with Gasteiger partial charge in [-0.2, -0.15) is 0 Å². The zero-order valence-corrected chi connectivity index (χ0v) is 17.9. The molecule has 4 rings (SSSR count). The lowest BCUT2D eigenvalue weighted by molar-refractivity contribution is 0.415. The van der Waals surface area contributed by atoms with E-state index >= 15 is 0 Å². The number of hydrogen-bond donors (Lipinski definition) is 0. The molecule has 4 nitrogen and oxygen atoms in total.